The van der Waals surface area contributed by atoms with Gasteiger partial charge in [-0.1, -0.05) is 0 Å². The molecular formula is C6H9ClZn. The molecule has 0 saturated heterocycles. The van der Waals surface area contributed by atoms with Gasteiger partial charge in [0.15, 0.2) is 0 Å². The van der Waals surface area contributed by atoms with Crippen LogP contribution < -0.4 is 12.4 Å². The summed E-state index contributed by atoms with van der Waals surface area (Å²) in [6.07, 6.45) is 8.05. The topological polar surface area (TPSA) is 0 Å². The van der Waals surface area contributed by atoms with E-state index in [2.05, 4.69) is 6.08 Å². The van der Waals surface area contributed by atoms with E-state index in [1.807, 2.05) is 0 Å². The van der Waals surface area contributed by atoms with Gasteiger partial charge in [0.05, 0.1) is 0 Å². The number of hydrogen-bond donors (Lipinski definition) is 0. The summed E-state index contributed by atoms with van der Waals surface area (Å²) >= 11 is 1.40. The zero-order valence-electron chi connectivity index (χ0n) is 4.99. The second kappa shape index (κ2) is 4.52. The van der Waals surface area contributed by atoms with Crippen LogP contribution in [0.5, 0.6) is 0 Å². The van der Waals surface area contributed by atoms with E-state index in [-0.39, 0.29) is 12.4 Å². The molecule has 0 N–H and O–H groups in total. The number of allylic oxidation sites excluding steroid dienone is 2. The maximum absolute atomic E-state index is 2.41. The van der Waals surface area contributed by atoms with E-state index >= 15 is 0 Å². The van der Waals surface area contributed by atoms with E-state index in [1.54, 1.807) is 4.17 Å². The van der Waals surface area contributed by atoms with Crippen molar-refractivity contribution >= 4 is 0 Å². The fourth-order valence-corrected chi connectivity index (χ4v) is 1.86. The first kappa shape index (κ1) is 8.65. The zero-order valence-corrected chi connectivity index (χ0v) is 8.71. The van der Waals surface area contributed by atoms with Crippen LogP contribution in [-0.4, -0.2) is 0 Å². The molecule has 0 spiro atoms. The van der Waals surface area contributed by atoms with Gasteiger partial charge in [-0.3, -0.25) is 0 Å². The molecule has 0 radical (unpaired) electrons. The third-order valence-electron chi connectivity index (χ3n) is 1.39. The summed E-state index contributed by atoms with van der Waals surface area (Å²) in [5.74, 6) is 0. The molecule has 0 aliphatic heterocycles. The normalized spacial score (nSPS) is 19.0. The second-order valence-electron chi connectivity index (χ2n) is 2.11. The van der Waals surface area contributed by atoms with Gasteiger partial charge in [0.2, 0.25) is 0 Å². The predicted molar refractivity (Wildman–Crippen MR) is 26.6 cm³/mol. The SMILES string of the molecule is [Cl-].[Zn+][C]1=CCCCC1. The van der Waals surface area contributed by atoms with Crippen molar-refractivity contribution in [3.8, 4) is 0 Å². The summed E-state index contributed by atoms with van der Waals surface area (Å²) in [5.41, 5.74) is 0. The van der Waals surface area contributed by atoms with Gasteiger partial charge in [0, 0.05) is 0 Å². The fourth-order valence-electron chi connectivity index (χ4n) is 0.905. The molecule has 0 heterocycles. The molecule has 1 rings (SSSR count). The molecule has 0 bridgehead atoms. The van der Waals surface area contributed by atoms with Crippen molar-refractivity contribution in [2.24, 2.45) is 0 Å². The van der Waals surface area contributed by atoms with Gasteiger partial charge in [0.25, 0.3) is 0 Å². The minimum atomic E-state index is 0. The van der Waals surface area contributed by atoms with Crippen LogP contribution in [0.1, 0.15) is 25.7 Å². The van der Waals surface area contributed by atoms with Crippen molar-refractivity contribution in [2.75, 3.05) is 0 Å². The maximum atomic E-state index is 2.41. The Balaban J connectivity index is 0.000000490. The molecule has 0 saturated carbocycles. The summed E-state index contributed by atoms with van der Waals surface area (Å²) in [7, 11) is 0. The quantitative estimate of drug-likeness (QED) is 0.421. The molecule has 2 heteroatoms. The van der Waals surface area contributed by atoms with E-state index in [4.69, 9.17) is 0 Å². The van der Waals surface area contributed by atoms with Gasteiger partial charge < -0.3 is 12.4 Å². The second-order valence-corrected chi connectivity index (χ2v) is 4.01. The zero-order chi connectivity index (χ0) is 5.11. The molecule has 0 aromatic rings. The summed E-state index contributed by atoms with van der Waals surface area (Å²) in [4.78, 5) is 0. The summed E-state index contributed by atoms with van der Waals surface area (Å²) in [6.45, 7) is 0. The van der Waals surface area contributed by atoms with Gasteiger partial charge in [-0.05, 0) is 0 Å². The van der Waals surface area contributed by atoms with Crippen LogP contribution in [-0.2, 0) is 18.3 Å². The summed E-state index contributed by atoms with van der Waals surface area (Å²) in [6, 6.07) is 0. The van der Waals surface area contributed by atoms with Gasteiger partial charge in [-0.15, -0.1) is 0 Å². The Bertz CT molecular complexity index is 88.5. The molecule has 8 heavy (non-hydrogen) atoms. The van der Waals surface area contributed by atoms with Gasteiger partial charge >= 0.3 is 54.2 Å². The molecule has 42 valence electrons. The predicted octanol–water partition coefficient (Wildman–Crippen LogP) is -1.00. The number of hydrogen-bond acceptors (Lipinski definition) is 0. The van der Waals surface area contributed by atoms with Gasteiger partial charge in [-0.2, -0.15) is 0 Å². The van der Waals surface area contributed by atoms with Crippen LogP contribution in [0.2, 0.25) is 0 Å². The first-order valence-corrected chi connectivity index (χ1v) is 4.39. The van der Waals surface area contributed by atoms with Crippen LogP contribution >= 0.6 is 0 Å². The Kier molecular flexibility index (Phi) is 4.89. The van der Waals surface area contributed by atoms with Crippen molar-refractivity contribution in [3.63, 3.8) is 0 Å². The van der Waals surface area contributed by atoms with Crippen molar-refractivity contribution in [3.05, 3.63) is 10.2 Å². The minimum absolute atomic E-state index is 0. The molecule has 0 unspecified atom stereocenters. The Morgan fingerprint density at radius 3 is 2.38 bits per heavy atom. The number of rotatable bonds is 0. The van der Waals surface area contributed by atoms with E-state index < -0.39 is 0 Å². The van der Waals surface area contributed by atoms with Crippen LogP contribution in [0.25, 0.3) is 0 Å². The van der Waals surface area contributed by atoms with Crippen LogP contribution in [0.15, 0.2) is 10.2 Å². The molecule has 0 aromatic carbocycles. The van der Waals surface area contributed by atoms with Crippen LogP contribution in [0.4, 0.5) is 0 Å². The van der Waals surface area contributed by atoms with E-state index in [0.29, 0.717) is 0 Å². The van der Waals surface area contributed by atoms with E-state index in [9.17, 15) is 0 Å². The van der Waals surface area contributed by atoms with Crippen LogP contribution in [0, 0.1) is 0 Å². The first-order valence-electron chi connectivity index (χ1n) is 2.90. The average molecular weight is 182 g/mol. The molecule has 1 aliphatic rings. The van der Waals surface area contributed by atoms with Crippen molar-refractivity contribution in [1.29, 1.82) is 0 Å². The standard InChI is InChI=1S/C6H9.ClH.Zn/c1-2-4-6-5-3-1;;/h1H,2,4-6H2;1H;/q;;+1/p-1. The third-order valence-corrected chi connectivity index (χ3v) is 2.73. The van der Waals surface area contributed by atoms with E-state index in [1.165, 1.54) is 44.0 Å². The Hall–Kier alpha value is 0.653. The summed E-state index contributed by atoms with van der Waals surface area (Å²) in [5, 5.41) is 0. The molecule has 0 fully saturated rings. The third kappa shape index (κ3) is 2.84. The fraction of sp³-hybridized carbons (Fsp3) is 0.667. The van der Waals surface area contributed by atoms with Gasteiger partial charge in [0.1, 0.15) is 0 Å². The molecule has 0 amide bonds. The first-order chi connectivity index (χ1) is 3.39. The monoisotopic (exact) mass is 180 g/mol. The van der Waals surface area contributed by atoms with Crippen molar-refractivity contribution < 1.29 is 30.7 Å². The molecule has 0 nitrogen and oxygen atoms in total. The molecule has 1 aliphatic carbocycles. The van der Waals surface area contributed by atoms with Crippen molar-refractivity contribution in [2.45, 2.75) is 25.7 Å². The Labute approximate surface area is 66.8 Å². The van der Waals surface area contributed by atoms with Gasteiger partial charge in [-0.25, -0.2) is 0 Å². The molecule has 0 aromatic heterocycles. The Morgan fingerprint density at radius 2 is 2.12 bits per heavy atom. The average Bonchev–Trinajstić information content (AvgIpc) is 1.69. The van der Waals surface area contributed by atoms with Crippen LogP contribution in [0.3, 0.4) is 0 Å². The van der Waals surface area contributed by atoms with Crippen molar-refractivity contribution in [1.82, 2.24) is 0 Å². The van der Waals surface area contributed by atoms with E-state index in [0.717, 1.165) is 0 Å². The molecular weight excluding hydrogens is 173 g/mol. The number of halogens is 1. The molecule has 0 atom stereocenters. The Morgan fingerprint density at radius 1 is 1.38 bits per heavy atom. The summed E-state index contributed by atoms with van der Waals surface area (Å²) < 4.78 is 1.71.